The van der Waals surface area contributed by atoms with Gasteiger partial charge < -0.3 is 41.3 Å². The number of benzene rings is 8. The predicted molar refractivity (Wildman–Crippen MR) is 518 cm³/mol. The molecule has 1 amide bonds. The van der Waals surface area contributed by atoms with E-state index in [4.69, 9.17) is 29.2 Å². The van der Waals surface area contributed by atoms with Crippen LogP contribution >= 0.6 is 12.2 Å². The molecule has 0 spiro atoms. The van der Waals surface area contributed by atoms with Crippen LogP contribution in [0.3, 0.4) is 0 Å². The number of carbonyl (C=O) groups excluding carboxylic acids is 1. The summed E-state index contributed by atoms with van der Waals surface area (Å²) in [7, 11) is 0.166. The zero-order chi connectivity index (χ0) is 94.6. The number of carbonyl (C=O) groups is 1. The van der Waals surface area contributed by atoms with Gasteiger partial charge in [-0.1, -0.05) is 159 Å². The highest BCUT2D eigenvalue weighted by molar-refractivity contribution is 7.92. The lowest BCUT2D eigenvalue weighted by Gasteiger charge is -2.33. The zero-order valence-electron chi connectivity index (χ0n) is 75.2. The number of likely N-dealkylation sites (N-methyl/N-ethyl adjacent to an activating group) is 1. The van der Waals surface area contributed by atoms with E-state index in [1.54, 1.807) is 12.1 Å². The fourth-order valence-electron chi connectivity index (χ4n) is 17.4. The number of alkyl halides is 6. The summed E-state index contributed by atoms with van der Waals surface area (Å²) in [6, 6.07) is 64.7. The zero-order valence-corrected chi connectivity index (χ0v) is 76.8. The summed E-state index contributed by atoms with van der Waals surface area (Å²) in [5.74, 6) is 6.99. The van der Waals surface area contributed by atoms with Gasteiger partial charge in [-0.25, -0.2) is 62.2 Å². The summed E-state index contributed by atoms with van der Waals surface area (Å²) >= 11 is 1.23. The van der Waals surface area contributed by atoms with Gasteiger partial charge in [0.25, 0.3) is 0 Å². The molecule has 4 atom stereocenters. The third kappa shape index (κ3) is 22.8. The molecule has 0 radical (unpaired) electrons. The van der Waals surface area contributed by atoms with Crippen molar-refractivity contribution in [1.82, 2.24) is 99.9 Å². The largest absolute Gasteiger partial charge is 0.417 e. The molecule has 31 nitrogen and oxygen atoms in total. The SMILES string of the molecule is CC(=O)NC1CCCCC1c1cc(Nc2n[nH]c3ccccc23)nc(-c2ccccc2C(F)(F)F)n1.COOSN1CCN(c2cc(Nc3n[nH]c4ccccc34)nc(-c3ccccc3C)n2)CC1.CS(=O)(=O)NC1CCCCC1c1cc(Nc2n[nH]c3ccccc23)nc(-c2ccccc2C(F)(F)F)n1.Cc1ccccc1-c1nc(Nc2n[nH]c3ccccc23)cc(N2CCN(C)CC2)n1. The first-order valence-electron chi connectivity index (χ1n) is 44.6. The van der Waals surface area contributed by atoms with Crippen LogP contribution in [0.2, 0.25) is 0 Å². The van der Waals surface area contributed by atoms with E-state index < -0.39 is 39.5 Å². The molecular formula is C97H100F6N26O5S2. The highest BCUT2D eigenvalue weighted by Gasteiger charge is 2.39. The highest BCUT2D eigenvalue weighted by atomic mass is 32.2. The molecule has 8 aromatic carbocycles. The average molecular weight is 1890 g/mol. The third-order valence-electron chi connectivity index (χ3n) is 24.1. The lowest BCUT2D eigenvalue weighted by molar-refractivity contribution is -0.163. The van der Waals surface area contributed by atoms with Gasteiger partial charge in [-0.05, 0) is 118 Å². The second kappa shape index (κ2) is 41.8. The van der Waals surface area contributed by atoms with E-state index >= 15 is 0 Å². The van der Waals surface area contributed by atoms with Crippen molar-refractivity contribution in [2.24, 2.45) is 0 Å². The number of para-hydroxylation sites is 4. The number of hydrogen-bond acceptors (Lipinski definition) is 26. The summed E-state index contributed by atoms with van der Waals surface area (Å²) in [6.45, 7) is 12.9. The summed E-state index contributed by atoms with van der Waals surface area (Å²) in [5, 5.41) is 49.2. The second-order valence-corrected chi connectivity index (χ2v) is 36.2. The van der Waals surface area contributed by atoms with Crippen molar-refractivity contribution in [3.8, 4) is 45.6 Å². The Morgan fingerprint density at radius 1 is 0.419 bits per heavy atom. The quantitative estimate of drug-likeness (QED) is 0.00990. The van der Waals surface area contributed by atoms with Crippen LogP contribution in [0.15, 0.2) is 218 Å². The molecule has 2 aliphatic carbocycles. The van der Waals surface area contributed by atoms with Crippen molar-refractivity contribution < 1.29 is 48.8 Å². The number of aromatic amines is 4. The van der Waals surface area contributed by atoms with Crippen molar-refractivity contribution in [1.29, 1.82) is 0 Å². The van der Waals surface area contributed by atoms with E-state index in [0.29, 0.717) is 53.3 Å². The van der Waals surface area contributed by atoms with Crippen molar-refractivity contribution >= 4 is 130 Å². The first kappa shape index (κ1) is 93.7. The van der Waals surface area contributed by atoms with Crippen LogP contribution in [0, 0.1) is 13.8 Å². The van der Waals surface area contributed by atoms with E-state index in [0.717, 1.165) is 210 Å². The number of aryl methyl sites for hydroxylation is 2. The molecule has 8 aromatic heterocycles. The van der Waals surface area contributed by atoms with Gasteiger partial charge in [-0.3, -0.25) is 25.2 Å². The molecule has 0 bridgehead atoms. The van der Waals surface area contributed by atoms with Crippen LogP contribution in [0.1, 0.15) is 104 Å². The third-order valence-corrected chi connectivity index (χ3v) is 25.6. The summed E-state index contributed by atoms with van der Waals surface area (Å²) in [6.07, 6.45) is -1.73. The van der Waals surface area contributed by atoms with Crippen LogP contribution in [0.4, 0.5) is 84.5 Å². The molecule has 4 aliphatic rings. The molecule has 2 aliphatic heterocycles. The number of sulfonamides is 1. The monoisotopic (exact) mass is 1890 g/mol. The van der Waals surface area contributed by atoms with E-state index in [1.807, 2.05) is 133 Å². The van der Waals surface area contributed by atoms with Crippen LogP contribution in [-0.2, 0) is 36.4 Å². The normalized spacial score (nSPS) is 16.8. The highest BCUT2D eigenvalue weighted by Crippen LogP contribution is 2.43. The smallest absolute Gasteiger partial charge is 0.354 e. The van der Waals surface area contributed by atoms with Gasteiger partial charge in [0.05, 0.1) is 57.9 Å². The Kier molecular flexibility index (Phi) is 28.8. The lowest BCUT2D eigenvalue weighted by atomic mass is 9.82. The molecule has 39 heteroatoms. The van der Waals surface area contributed by atoms with Crippen LogP contribution < -0.4 is 41.1 Å². The second-order valence-electron chi connectivity index (χ2n) is 33.7. The number of rotatable bonds is 22. The van der Waals surface area contributed by atoms with Crippen LogP contribution in [0.25, 0.3) is 89.2 Å². The molecule has 702 valence electrons. The number of fused-ring (bicyclic) bond motifs is 4. The van der Waals surface area contributed by atoms with Crippen molar-refractivity contribution in [3.05, 3.63) is 252 Å². The number of hydrogen-bond donors (Lipinski definition) is 10. The molecule has 2 saturated heterocycles. The number of anilines is 10. The number of halogens is 6. The molecule has 4 unspecified atom stereocenters. The Morgan fingerprint density at radius 3 is 1.12 bits per heavy atom. The number of amides is 1. The van der Waals surface area contributed by atoms with Gasteiger partial charge in [-0.2, -0.15) is 46.7 Å². The van der Waals surface area contributed by atoms with Gasteiger partial charge in [0, 0.05) is 151 Å². The molecule has 10 heterocycles. The number of nitrogens with zero attached hydrogens (tertiary/aromatic N) is 16. The first-order valence-corrected chi connectivity index (χ1v) is 47.2. The van der Waals surface area contributed by atoms with E-state index in [9.17, 15) is 39.6 Å². The molecule has 16 aromatic rings. The molecule has 4 fully saturated rings. The van der Waals surface area contributed by atoms with E-state index in [1.165, 1.54) is 62.7 Å². The maximum Gasteiger partial charge on any atom is 0.417 e. The molecule has 20 rings (SSSR count). The first-order chi connectivity index (χ1) is 65.8. The van der Waals surface area contributed by atoms with Crippen molar-refractivity contribution in [2.75, 3.05) is 104 Å². The Morgan fingerprint density at radius 2 is 0.750 bits per heavy atom. The Labute approximate surface area is 784 Å². The molecule has 2 saturated carbocycles. The van der Waals surface area contributed by atoms with Gasteiger partial charge in [0.15, 0.2) is 46.6 Å². The Bertz CT molecular complexity index is 7010. The minimum absolute atomic E-state index is 0.0325. The van der Waals surface area contributed by atoms with E-state index in [-0.39, 0.29) is 52.4 Å². The molecule has 10 N–H and O–H groups in total. The fraction of sp³-hybridized carbons (Fsp3) is 0.289. The lowest BCUT2D eigenvalue weighted by Crippen LogP contribution is -2.44. The fourth-order valence-corrected chi connectivity index (χ4v) is 18.7. The maximum absolute atomic E-state index is 13.9. The maximum atomic E-state index is 13.9. The minimum Gasteiger partial charge on any atom is -0.354 e. The Hall–Kier alpha value is -14.1. The van der Waals surface area contributed by atoms with Gasteiger partial charge in [0.1, 0.15) is 47.1 Å². The number of piperazine rings is 2. The van der Waals surface area contributed by atoms with E-state index in [2.05, 4.69) is 156 Å². The summed E-state index contributed by atoms with van der Waals surface area (Å²) in [5.41, 5.74) is 7.03. The van der Waals surface area contributed by atoms with Gasteiger partial charge in [0.2, 0.25) is 15.9 Å². The summed E-state index contributed by atoms with van der Waals surface area (Å²) in [4.78, 5) is 61.1. The number of aromatic nitrogens is 16. The van der Waals surface area contributed by atoms with Crippen LogP contribution in [0.5, 0.6) is 0 Å². The predicted octanol–water partition coefficient (Wildman–Crippen LogP) is 19.5. The van der Waals surface area contributed by atoms with Crippen molar-refractivity contribution in [2.45, 2.75) is 108 Å². The topological polar surface area (TPSA) is 373 Å². The standard InChI is InChI=1S/C26H25F3N6O.C25H25F3N6O2S.C23H25N7O2S.C23H25N7/c1-15(36)30-20-12-6-3-9-17(20)22-14-23(33-25-18-10-4-7-13-21(18)34-35-25)32-24(31-22)16-8-2-5-11-19(16)26(27,28)29;1-37(35,36)34-20-13-7-3-9-16(20)21-14-22(31-24-17-10-4-6-12-19(17)32-33-24)30-23(29-21)15-8-2-5-11-18(15)25(26,27)28;1-16-7-3-4-8-17(16)22-24-20(25-23-18-9-5-6-10-19(18)27-28-23)15-21(26-22)29-11-13-30(14-12-29)33-32-31-2;1-16-7-3-4-8-17(16)22-24-20(15-21(26-22)30-13-11-29(2)12-14-30)25-23-18-9-5-6-10-19(18)27-28-23/h2,4-5,7-8,10-11,13-14,17,20H,3,6,9,12H2,1H3,(H,30,36)(H2,31,32,33,34,35);2,4-6,8,10-12,14,16,20,34H,3,7,9,13H2,1H3,(H2,29,30,31,32,33);3-10,15H,11-14H2,1-2H3,(H2,24,25,26,27,28);3-10,15H,11-14H2,1-2H3,(H2,24,25,26,27,28). The van der Waals surface area contributed by atoms with Crippen LogP contribution in [-0.4, -0.2) is 189 Å². The van der Waals surface area contributed by atoms with Crippen molar-refractivity contribution in [3.63, 3.8) is 0 Å². The molecular weight excluding hydrogens is 1790 g/mol. The minimum atomic E-state index is -4.60. The molecule has 136 heavy (non-hydrogen) atoms. The van der Waals surface area contributed by atoms with Gasteiger partial charge >= 0.3 is 12.4 Å². The number of nitrogens with one attached hydrogen (secondary N) is 10. The Balaban J connectivity index is 0.000000126. The number of H-pyrrole nitrogens is 4. The summed E-state index contributed by atoms with van der Waals surface area (Å²) < 4.78 is 117. The average Bonchev–Trinajstić information content (AvgIpc) is 1.37. The van der Waals surface area contributed by atoms with Gasteiger partial charge in [-0.15, -0.1) is 4.33 Å².